The van der Waals surface area contributed by atoms with Crippen LogP contribution in [0.3, 0.4) is 0 Å². The molecule has 0 rings (SSSR count). The summed E-state index contributed by atoms with van der Waals surface area (Å²) in [5.74, 6) is 14.0. The summed E-state index contributed by atoms with van der Waals surface area (Å²) in [7, 11) is 0. The van der Waals surface area contributed by atoms with Crippen molar-refractivity contribution in [1.82, 2.24) is 0 Å². The van der Waals surface area contributed by atoms with Crippen molar-refractivity contribution >= 4 is 8.41 Å². The standard InChI is InChI=1S/BH4.Li.2H4N2/c;;2*1-2/h1H4;;2*1-2H2/q-1;+1;;/p+2. The van der Waals surface area contributed by atoms with Crippen molar-refractivity contribution in [2.24, 2.45) is 11.7 Å². The Labute approximate surface area is 51.3 Å². The van der Waals surface area contributed by atoms with Crippen LogP contribution < -0.4 is 42.2 Å². The summed E-state index contributed by atoms with van der Waals surface area (Å²) in [6.07, 6.45) is 0. The van der Waals surface area contributed by atoms with Gasteiger partial charge in [-0.15, -0.1) is 0 Å². The van der Waals surface area contributed by atoms with Gasteiger partial charge in [0.2, 0.25) is 0 Å². The van der Waals surface area contributed by atoms with Gasteiger partial charge >= 0.3 is 18.9 Å². The molecule has 36 valence electrons. The Morgan fingerprint density at radius 1 is 0.833 bits per heavy atom. The first kappa shape index (κ1) is 31.4. The van der Waals surface area contributed by atoms with E-state index in [1.165, 1.54) is 0 Å². The minimum atomic E-state index is 0. The van der Waals surface area contributed by atoms with Crippen molar-refractivity contribution < 1.29 is 30.5 Å². The van der Waals surface area contributed by atoms with E-state index in [2.05, 4.69) is 23.4 Å². The SMILES string of the molecule is N[NH3+].N[NH3+].[BH4-].[Li+]. The second-order valence-corrected chi connectivity index (χ2v) is 0. The van der Waals surface area contributed by atoms with Gasteiger partial charge in [-0.05, 0) is 0 Å². The molecule has 0 radical (unpaired) electrons. The van der Waals surface area contributed by atoms with E-state index in [4.69, 9.17) is 0 Å². The molecule has 6 heavy (non-hydrogen) atoms. The fraction of sp³-hybridized carbons (Fsp3) is 0. The van der Waals surface area contributed by atoms with Crippen LogP contribution in [0.2, 0.25) is 0 Å². The van der Waals surface area contributed by atoms with Crippen LogP contribution in [-0.4, -0.2) is 8.41 Å². The molecule has 0 aromatic heterocycles. The second kappa shape index (κ2) is 442. The summed E-state index contributed by atoms with van der Waals surface area (Å²) in [6.45, 7) is 0. The molecule has 0 aromatic rings. The van der Waals surface area contributed by atoms with Crippen LogP contribution in [0.25, 0.3) is 0 Å². The normalized spacial score (nSPS) is 2.00. The largest absolute Gasteiger partial charge is 1.00 e. The molecule has 0 fully saturated rings. The Morgan fingerprint density at radius 2 is 0.833 bits per heavy atom. The van der Waals surface area contributed by atoms with Crippen molar-refractivity contribution in [3.05, 3.63) is 0 Å². The fourth-order valence-corrected chi connectivity index (χ4v) is 0. The van der Waals surface area contributed by atoms with Gasteiger partial charge < -0.3 is 0 Å². The third-order valence-electron chi connectivity index (χ3n) is 0. The third-order valence-corrected chi connectivity index (χ3v) is 0. The van der Waals surface area contributed by atoms with Gasteiger partial charge in [0.05, 0.1) is 0 Å². The van der Waals surface area contributed by atoms with Crippen molar-refractivity contribution in [2.75, 3.05) is 0 Å². The maximum absolute atomic E-state index is 4.25. The Bertz CT molecular complexity index is 7.51. The molecule has 0 aliphatic heterocycles. The fourth-order valence-electron chi connectivity index (χ4n) is 0. The van der Waals surface area contributed by atoms with Crippen LogP contribution in [0.5, 0.6) is 0 Å². The predicted molar refractivity (Wildman–Crippen MR) is 25.5 cm³/mol. The molecule has 10 N–H and O–H groups in total. The second-order valence-electron chi connectivity index (χ2n) is 0. The first-order valence-corrected chi connectivity index (χ1v) is 0.816. The van der Waals surface area contributed by atoms with Gasteiger partial charge in [0.1, 0.15) is 0 Å². The summed E-state index contributed by atoms with van der Waals surface area (Å²) >= 11 is 0. The molecule has 0 bridgehead atoms. The van der Waals surface area contributed by atoms with Crippen LogP contribution in [-0.2, 0) is 0 Å². The van der Waals surface area contributed by atoms with Gasteiger partial charge in [0, 0.05) is 0 Å². The molecule has 0 aromatic carbocycles. The molecule has 0 spiro atoms. The van der Waals surface area contributed by atoms with E-state index < -0.39 is 0 Å². The first-order chi connectivity index (χ1) is 2.00. The van der Waals surface area contributed by atoms with Crippen molar-refractivity contribution in [3.63, 3.8) is 0 Å². The van der Waals surface area contributed by atoms with Gasteiger partial charge in [-0.3, -0.25) is 11.7 Å². The van der Waals surface area contributed by atoms with Crippen LogP contribution >= 0.6 is 0 Å². The van der Waals surface area contributed by atoms with Gasteiger partial charge in [0.15, 0.2) is 0 Å². The van der Waals surface area contributed by atoms with Gasteiger partial charge in [0.25, 0.3) is 0 Å². The van der Waals surface area contributed by atoms with Gasteiger partial charge in [-0.1, -0.05) is 8.41 Å². The zero-order chi connectivity index (χ0) is 4.00. The Hall–Kier alpha value is 0.502. The third kappa shape index (κ3) is 219. The summed E-state index contributed by atoms with van der Waals surface area (Å²) in [6, 6.07) is 0. The predicted octanol–water partition coefficient (Wildman–Crippen LogP) is -8.24. The Morgan fingerprint density at radius 3 is 0.833 bits per heavy atom. The Kier molecular flexibility index (Phi) is 2320. The average molecular weight is 87.9 g/mol. The molecule has 6 heteroatoms. The van der Waals surface area contributed by atoms with Crippen LogP contribution in [0.4, 0.5) is 0 Å². The zero-order valence-electron chi connectivity index (χ0n) is 3.57. The molecule has 0 atom stereocenters. The zero-order valence-corrected chi connectivity index (χ0v) is 3.57. The molecule has 0 aliphatic carbocycles. The number of hydrogen-bond donors (Lipinski definition) is 4. The van der Waals surface area contributed by atoms with Crippen molar-refractivity contribution in [1.29, 1.82) is 0 Å². The van der Waals surface area contributed by atoms with Crippen molar-refractivity contribution in [3.8, 4) is 0 Å². The summed E-state index contributed by atoms with van der Waals surface area (Å²) < 4.78 is 0. The van der Waals surface area contributed by atoms with Gasteiger partial charge in [-0.25, -0.2) is 0 Å². The topological polar surface area (TPSA) is 107 Å². The number of hydrogen-bond acceptors (Lipinski definition) is 2. The van der Waals surface area contributed by atoms with Crippen molar-refractivity contribution in [2.45, 2.75) is 0 Å². The quantitative estimate of drug-likeness (QED) is 0.134. The molecule has 0 heterocycles. The maximum atomic E-state index is 4.25. The van der Waals surface area contributed by atoms with E-state index in [-0.39, 0.29) is 27.3 Å². The summed E-state index contributed by atoms with van der Waals surface area (Å²) in [4.78, 5) is 0. The van der Waals surface area contributed by atoms with Gasteiger partial charge in [-0.2, -0.15) is 11.7 Å². The minimum Gasteiger partial charge on any atom is -0.283 e. The summed E-state index contributed by atoms with van der Waals surface area (Å²) in [5.41, 5.74) is 0. The monoisotopic (exact) mass is 88.1 g/mol. The molecule has 0 aliphatic rings. The maximum Gasteiger partial charge on any atom is 1.00 e. The van der Waals surface area contributed by atoms with Crippen LogP contribution in [0.1, 0.15) is 0 Å². The molecule has 0 amide bonds. The number of rotatable bonds is 0. The van der Waals surface area contributed by atoms with Crippen LogP contribution in [0, 0.1) is 0 Å². The van der Waals surface area contributed by atoms with E-state index >= 15 is 0 Å². The van der Waals surface area contributed by atoms with E-state index in [0.29, 0.717) is 0 Å². The number of nitrogens with two attached hydrogens (primary N) is 2. The molecule has 0 saturated heterocycles. The molecule has 4 nitrogen and oxygen atoms in total. The molecule has 0 saturated carbocycles. The molecular formula is H14BLiN4+2. The summed E-state index contributed by atoms with van der Waals surface area (Å²) in [5, 5.41) is 0. The Balaban J connectivity index is -0.00000000500. The minimum absolute atomic E-state index is 0. The van der Waals surface area contributed by atoms with E-state index in [1.807, 2.05) is 0 Å². The van der Waals surface area contributed by atoms with E-state index in [1.54, 1.807) is 0 Å². The van der Waals surface area contributed by atoms with E-state index in [9.17, 15) is 0 Å². The first-order valence-electron chi connectivity index (χ1n) is 0.816. The smallest absolute Gasteiger partial charge is 0.283 e. The van der Waals surface area contributed by atoms with E-state index in [0.717, 1.165) is 0 Å². The van der Waals surface area contributed by atoms with Crippen LogP contribution in [0.15, 0.2) is 0 Å². The molecule has 0 unspecified atom stereocenters. The molecular weight excluding hydrogens is 73.8 g/mol. The average Bonchev–Trinajstić information content (AvgIpc) is 1.50. The number of quaternary nitrogens is 2.